The average Bonchev–Trinajstić information content (AvgIpc) is 3.14. The first-order valence-corrected chi connectivity index (χ1v) is 8.67. The molecule has 0 saturated heterocycles. The highest BCUT2D eigenvalue weighted by atomic mass is 16.8. The van der Waals surface area contributed by atoms with Crippen molar-refractivity contribution in [3.05, 3.63) is 46.6 Å². The Morgan fingerprint density at radius 3 is 2.43 bits per heavy atom. The number of hydrogen-bond acceptors (Lipinski definition) is 10. The maximum Gasteiger partial charge on any atom is 0.345 e. The third-order valence-electron chi connectivity index (χ3n) is 4.52. The van der Waals surface area contributed by atoms with Gasteiger partial charge in [0.05, 0.1) is 17.7 Å². The second kappa shape index (κ2) is 7.57. The lowest BCUT2D eigenvalue weighted by atomic mass is 9.78. The van der Waals surface area contributed by atoms with Crippen LogP contribution in [0.25, 0.3) is 0 Å². The Labute approximate surface area is 171 Å². The molecule has 2 atom stereocenters. The molecular weight excluding hydrogens is 392 g/mol. The van der Waals surface area contributed by atoms with Crippen molar-refractivity contribution in [1.29, 1.82) is 15.8 Å². The molecule has 0 bridgehead atoms. The molecule has 2 aliphatic heterocycles. The minimum atomic E-state index is -1.43. The van der Waals surface area contributed by atoms with E-state index in [0.717, 1.165) is 0 Å². The van der Waals surface area contributed by atoms with Crippen molar-refractivity contribution in [2.24, 2.45) is 11.7 Å². The van der Waals surface area contributed by atoms with Gasteiger partial charge in [0.25, 0.3) is 11.7 Å². The topological polar surface area (TPSA) is 172 Å². The van der Waals surface area contributed by atoms with E-state index in [1.54, 1.807) is 24.3 Å². The van der Waals surface area contributed by atoms with Gasteiger partial charge in [-0.05, 0) is 17.7 Å². The Morgan fingerprint density at radius 1 is 1.17 bits per heavy atom. The van der Waals surface area contributed by atoms with Crippen LogP contribution in [0.5, 0.6) is 11.5 Å². The van der Waals surface area contributed by atoms with Crippen LogP contribution in [0.2, 0.25) is 0 Å². The fourth-order valence-corrected chi connectivity index (χ4v) is 3.20. The summed E-state index contributed by atoms with van der Waals surface area (Å²) in [7, 11) is 0. The van der Waals surface area contributed by atoms with E-state index in [9.17, 15) is 15.2 Å². The normalized spacial score (nSPS) is 18.0. The first kappa shape index (κ1) is 20.4. The summed E-state index contributed by atoms with van der Waals surface area (Å²) >= 11 is 0. The monoisotopic (exact) mass is 408 g/mol. The van der Waals surface area contributed by atoms with Crippen LogP contribution < -0.4 is 15.2 Å². The average molecular weight is 408 g/mol. The number of rotatable bonds is 4. The van der Waals surface area contributed by atoms with Gasteiger partial charge in [0.1, 0.15) is 23.3 Å². The second-order valence-corrected chi connectivity index (χ2v) is 6.86. The van der Waals surface area contributed by atoms with E-state index in [-0.39, 0.29) is 18.1 Å². The van der Waals surface area contributed by atoms with Crippen molar-refractivity contribution in [1.82, 2.24) is 0 Å². The van der Waals surface area contributed by atoms with Gasteiger partial charge in [-0.3, -0.25) is 0 Å². The predicted molar refractivity (Wildman–Crippen MR) is 97.8 cm³/mol. The molecule has 3 N–H and O–H groups in total. The molecule has 0 fully saturated rings. The van der Waals surface area contributed by atoms with Crippen molar-refractivity contribution in [3.8, 4) is 29.7 Å². The van der Waals surface area contributed by atoms with Gasteiger partial charge in [-0.25, -0.2) is 4.79 Å². The number of nitrogens with zero attached hydrogens (tertiary/aromatic N) is 3. The standard InChI is InChI=1S/C20H16N4O6/c1-20(2)29-18(25)16(19(26)30-20)15(12(8-23)17(24)11(6-21)7-22)10-3-4-13-14(5-10)28-9-27-13/h3-5,12,15,25H,9,24H2,1-2H3/t12-,15-/m1/s1. The van der Waals surface area contributed by atoms with Crippen LogP contribution in [-0.4, -0.2) is 23.7 Å². The van der Waals surface area contributed by atoms with Crippen molar-refractivity contribution in [2.45, 2.75) is 25.6 Å². The molecule has 0 amide bonds. The van der Waals surface area contributed by atoms with Gasteiger partial charge < -0.3 is 29.8 Å². The van der Waals surface area contributed by atoms with Crippen LogP contribution >= 0.6 is 0 Å². The van der Waals surface area contributed by atoms with Crippen LogP contribution in [-0.2, 0) is 14.3 Å². The summed E-state index contributed by atoms with van der Waals surface area (Å²) < 4.78 is 21.1. The molecule has 0 saturated carbocycles. The zero-order chi connectivity index (χ0) is 22.1. The predicted octanol–water partition coefficient (Wildman–Crippen LogP) is 1.98. The highest BCUT2D eigenvalue weighted by molar-refractivity contribution is 5.91. The number of aliphatic hydroxyl groups is 1. The molecule has 0 aliphatic carbocycles. The van der Waals surface area contributed by atoms with E-state index in [4.69, 9.17) is 35.2 Å². The zero-order valence-electron chi connectivity index (χ0n) is 16.0. The van der Waals surface area contributed by atoms with Gasteiger partial charge in [-0.1, -0.05) is 6.07 Å². The third kappa shape index (κ3) is 3.52. The van der Waals surface area contributed by atoms with Gasteiger partial charge in [-0.2, -0.15) is 15.8 Å². The SMILES string of the molecule is CC1(C)OC(=O)C([C@H](c2ccc3c(c2)OCO3)[C@@H](C#N)C(N)=C(C#N)C#N)=C(O)O1. The minimum Gasteiger partial charge on any atom is -0.480 e. The Balaban J connectivity index is 2.24. The third-order valence-corrected chi connectivity index (χ3v) is 4.52. The number of ether oxygens (including phenoxy) is 4. The fraction of sp³-hybridized carbons (Fsp3) is 0.300. The molecule has 30 heavy (non-hydrogen) atoms. The van der Waals surface area contributed by atoms with Crippen LogP contribution in [0.3, 0.4) is 0 Å². The van der Waals surface area contributed by atoms with Gasteiger partial charge in [0.2, 0.25) is 6.79 Å². The fourth-order valence-electron chi connectivity index (χ4n) is 3.20. The van der Waals surface area contributed by atoms with E-state index in [1.807, 2.05) is 6.07 Å². The summed E-state index contributed by atoms with van der Waals surface area (Å²) in [6, 6.07) is 9.77. The lowest BCUT2D eigenvalue weighted by molar-refractivity contribution is -0.222. The number of cyclic esters (lactones) is 1. The van der Waals surface area contributed by atoms with Crippen molar-refractivity contribution in [2.75, 3.05) is 6.79 Å². The maximum atomic E-state index is 12.7. The first-order valence-electron chi connectivity index (χ1n) is 8.67. The van der Waals surface area contributed by atoms with Gasteiger partial charge in [0, 0.05) is 19.8 Å². The Bertz CT molecular complexity index is 1080. The van der Waals surface area contributed by atoms with Crippen molar-refractivity contribution in [3.63, 3.8) is 0 Å². The van der Waals surface area contributed by atoms with Gasteiger partial charge in [-0.15, -0.1) is 0 Å². The molecule has 1 aromatic rings. The molecular formula is C20H16N4O6. The summed E-state index contributed by atoms with van der Waals surface area (Å²) in [4.78, 5) is 12.7. The largest absolute Gasteiger partial charge is 0.480 e. The van der Waals surface area contributed by atoms with Crippen LogP contribution in [0.15, 0.2) is 41.0 Å². The molecule has 152 valence electrons. The van der Waals surface area contributed by atoms with E-state index in [2.05, 4.69) is 0 Å². The smallest absolute Gasteiger partial charge is 0.345 e. The Kier molecular flexibility index (Phi) is 5.14. The summed E-state index contributed by atoms with van der Waals surface area (Å²) in [6.45, 7) is 2.84. The summed E-state index contributed by atoms with van der Waals surface area (Å²) in [5, 5.41) is 38.7. The number of aliphatic hydroxyl groups excluding tert-OH is 1. The molecule has 0 unspecified atom stereocenters. The molecule has 10 nitrogen and oxygen atoms in total. The molecule has 2 aliphatic rings. The van der Waals surface area contributed by atoms with Crippen LogP contribution in [0.4, 0.5) is 0 Å². The molecule has 0 radical (unpaired) electrons. The number of nitriles is 3. The molecule has 10 heteroatoms. The van der Waals surface area contributed by atoms with Crippen LogP contribution in [0.1, 0.15) is 25.3 Å². The zero-order valence-corrected chi connectivity index (χ0v) is 16.0. The van der Waals surface area contributed by atoms with Crippen LogP contribution in [0, 0.1) is 39.9 Å². The van der Waals surface area contributed by atoms with E-state index in [0.29, 0.717) is 17.1 Å². The highest BCUT2D eigenvalue weighted by Gasteiger charge is 2.44. The molecule has 1 aromatic carbocycles. The summed E-state index contributed by atoms with van der Waals surface area (Å²) in [5.74, 6) is -4.93. The molecule has 0 spiro atoms. The van der Waals surface area contributed by atoms with Crippen molar-refractivity contribution >= 4 is 5.97 Å². The Hall–Kier alpha value is -4.36. The number of carbonyl (C=O) groups excluding carboxylic acids is 1. The van der Waals surface area contributed by atoms with E-state index >= 15 is 0 Å². The molecule has 0 aromatic heterocycles. The first-order chi connectivity index (χ1) is 14.2. The lowest BCUT2D eigenvalue weighted by Crippen LogP contribution is -2.39. The number of benzene rings is 1. The number of fused-ring (bicyclic) bond motifs is 1. The molecule has 2 heterocycles. The van der Waals surface area contributed by atoms with Gasteiger partial charge >= 0.3 is 5.97 Å². The lowest BCUT2D eigenvalue weighted by Gasteiger charge is -2.34. The second-order valence-electron chi connectivity index (χ2n) is 6.86. The van der Waals surface area contributed by atoms with Crippen molar-refractivity contribution < 1.29 is 28.8 Å². The molecule has 3 rings (SSSR count). The van der Waals surface area contributed by atoms with E-state index < -0.39 is 35.1 Å². The van der Waals surface area contributed by atoms with E-state index in [1.165, 1.54) is 19.9 Å². The number of esters is 1. The summed E-state index contributed by atoms with van der Waals surface area (Å²) in [6.07, 6.45) is 0. The van der Waals surface area contributed by atoms with Gasteiger partial charge in [0.15, 0.2) is 11.5 Å². The number of carbonyl (C=O) groups is 1. The number of hydrogen-bond donors (Lipinski definition) is 2. The minimum absolute atomic E-state index is 0.00647. The summed E-state index contributed by atoms with van der Waals surface area (Å²) in [5.41, 5.74) is 5.06. The highest BCUT2D eigenvalue weighted by Crippen LogP contribution is 2.44. The Morgan fingerprint density at radius 2 is 1.83 bits per heavy atom. The maximum absolute atomic E-state index is 12.7. The number of allylic oxidation sites excluding steroid dienone is 2. The number of nitrogens with two attached hydrogens (primary N) is 1. The quantitative estimate of drug-likeness (QED) is 0.554.